The van der Waals surface area contributed by atoms with E-state index in [4.69, 9.17) is 17.3 Å². The van der Waals surface area contributed by atoms with Crippen molar-refractivity contribution in [3.63, 3.8) is 0 Å². The summed E-state index contributed by atoms with van der Waals surface area (Å²) >= 11 is 6.15. The maximum atomic E-state index is 12.3. The van der Waals surface area contributed by atoms with Gasteiger partial charge < -0.3 is 16.0 Å². The number of hydrogen-bond donors (Lipinski definition) is 2. The second kappa shape index (κ2) is 7.11. The molecule has 3 N–H and O–H groups in total. The number of rotatable bonds is 4. The topological polar surface area (TPSA) is 75.4 Å². The molecular weight excluding hydrogens is 302 g/mol. The molecule has 2 atom stereocenters. The lowest BCUT2D eigenvalue weighted by atomic mass is 9.95. The Morgan fingerprint density at radius 3 is 2.68 bits per heavy atom. The summed E-state index contributed by atoms with van der Waals surface area (Å²) in [5.41, 5.74) is 6.74. The van der Waals surface area contributed by atoms with Crippen molar-refractivity contribution < 1.29 is 9.59 Å². The summed E-state index contributed by atoms with van der Waals surface area (Å²) in [5, 5.41) is 3.21. The lowest BCUT2D eigenvalue weighted by molar-refractivity contribution is -0.120. The van der Waals surface area contributed by atoms with Gasteiger partial charge in [-0.25, -0.2) is 0 Å². The predicted octanol–water partition coefficient (Wildman–Crippen LogP) is 2.36. The van der Waals surface area contributed by atoms with Crippen LogP contribution in [0.25, 0.3) is 0 Å². The number of carbonyl (C=O) groups is 2. The highest BCUT2D eigenvalue weighted by atomic mass is 35.5. The average Bonchev–Trinajstić information content (AvgIpc) is 2.95. The van der Waals surface area contributed by atoms with Crippen molar-refractivity contribution in [2.45, 2.75) is 19.3 Å². The molecule has 6 heteroatoms. The highest BCUT2D eigenvalue weighted by Crippen LogP contribution is 2.32. The third-order valence-electron chi connectivity index (χ3n) is 4.17. The van der Waals surface area contributed by atoms with Crippen LogP contribution in [0, 0.1) is 11.8 Å². The quantitative estimate of drug-likeness (QED) is 0.893. The van der Waals surface area contributed by atoms with Gasteiger partial charge in [0, 0.05) is 25.7 Å². The van der Waals surface area contributed by atoms with Crippen LogP contribution in [0.4, 0.5) is 5.69 Å². The molecule has 0 unspecified atom stereocenters. The Kier molecular flexibility index (Phi) is 5.42. The molecule has 5 nitrogen and oxygen atoms in total. The lowest BCUT2D eigenvalue weighted by Gasteiger charge is -2.18. The predicted molar refractivity (Wildman–Crippen MR) is 88.0 cm³/mol. The molecule has 120 valence electrons. The summed E-state index contributed by atoms with van der Waals surface area (Å²) < 4.78 is 0. The fraction of sp³-hybridized carbons (Fsp3) is 0.500. The van der Waals surface area contributed by atoms with Crippen molar-refractivity contribution in [2.24, 2.45) is 17.6 Å². The van der Waals surface area contributed by atoms with Gasteiger partial charge in [-0.15, -0.1) is 0 Å². The van der Waals surface area contributed by atoms with Crippen LogP contribution >= 0.6 is 11.6 Å². The minimum atomic E-state index is -0.165. The van der Waals surface area contributed by atoms with Crippen molar-refractivity contribution >= 4 is 29.1 Å². The van der Waals surface area contributed by atoms with Gasteiger partial charge in [0.15, 0.2) is 0 Å². The van der Waals surface area contributed by atoms with E-state index in [9.17, 15) is 9.59 Å². The Labute approximate surface area is 135 Å². The highest BCUT2D eigenvalue weighted by Gasteiger charge is 2.31. The number of nitrogens with two attached hydrogens (primary N) is 1. The fourth-order valence-corrected chi connectivity index (χ4v) is 3.17. The first-order chi connectivity index (χ1) is 10.4. The van der Waals surface area contributed by atoms with E-state index in [1.54, 1.807) is 32.3 Å². The fourth-order valence-electron chi connectivity index (χ4n) is 2.91. The number of nitrogens with one attached hydrogen (secondary N) is 1. The Morgan fingerprint density at radius 2 is 2.09 bits per heavy atom. The maximum Gasteiger partial charge on any atom is 0.254 e. The van der Waals surface area contributed by atoms with E-state index in [1.165, 1.54) is 4.90 Å². The second-order valence-corrected chi connectivity index (χ2v) is 6.32. The third-order valence-corrected chi connectivity index (χ3v) is 4.48. The summed E-state index contributed by atoms with van der Waals surface area (Å²) in [5.74, 6) is 0.0366. The number of amides is 2. The summed E-state index contributed by atoms with van der Waals surface area (Å²) in [6.07, 6.45) is 2.92. The molecular formula is C16H22ClN3O2. The molecule has 1 fully saturated rings. The van der Waals surface area contributed by atoms with E-state index in [0.717, 1.165) is 19.3 Å². The Morgan fingerprint density at radius 1 is 1.36 bits per heavy atom. The average molecular weight is 324 g/mol. The van der Waals surface area contributed by atoms with Gasteiger partial charge in [0.25, 0.3) is 5.91 Å². The zero-order valence-corrected chi connectivity index (χ0v) is 13.7. The Bertz CT molecular complexity index is 575. The molecule has 1 saturated carbocycles. The molecule has 2 rings (SSSR count). The van der Waals surface area contributed by atoms with E-state index in [1.807, 2.05) is 0 Å². The number of hydrogen-bond acceptors (Lipinski definition) is 3. The number of nitrogens with zero attached hydrogens (tertiary/aromatic N) is 1. The van der Waals surface area contributed by atoms with E-state index < -0.39 is 0 Å². The summed E-state index contributed by atoms with van der Waals surface area (Å²) in [7, 11) is 3.34. The van der Waals surface area contributed by atoms with E-state index >= 15 is 0 Å². The van der Waals surface area contributed by atoms with E-state index in [2.05, 4.69) is 5.32 Å². The Hall–Kier alpha value is -1.59. The SMILES string of the molecule is CN(C)C(=O)c1ccc(NC(=O)[C@@H]2CCC[C@@H]2CN)cc1Cl. The van der Waals surface area contributed by atoms with Gasteiger partial charge in [-0.3, -0.25) is 9.59 Å². The van der Waals surface area contributed by atoms with Crippen LogP contribution < -0.4 is 11.1 Å². The van der Waals surface area contributed by atoms with Gasteiger partial charge >= 0.3 is 0 Å². The molecule has 1 aromatic carbocycles. The largest absolute Gasteiger partial charge is 0.345 e. The molecule has 1 aliphatic carbocycles. The lowest BCUT2D eigenvalue weighted by Crippen LogP contribution is -2.29. The third kappa shape index (κ3) is 3.59. The highest BCUT2D eigenvalue weighted by molar-refractivity contribution is 6.34. The molecule has 0 saturated heterocycles. The number of benzene rings is 1. The molecule has 22 heavy (non-hydrogen) atoms. The monoisotopic (exact) mass is 323 g/mol. The van der Waals surface area contributed by atoms with Crippen molar-refractivity contribution in [1.82, 2.24) is 4.90 Å². The van der Waals surface area contributed by atoms with Gasteiger partial charge in [-0.1, -0.05) is 18.0 Å². The van der Waals surface area contributed by atoms with Crippen LogP contribution in [0.1, 0.15) is 29.6 Å². The van der Waals surface area contributed by atoms with Gasteiger partial charge in [0.05, 0.1) is 10.6 Å². The standard InChI is InChI=1S/C16H22ClN3O2/c1-20(2)16(22)13-7-6-11(8-14(13)17)19-15(21)12-5-3-4-10(12)9-18/h6-8,10,12H,3-5,9,18H2,1-2H3,(H,19,21)/t10-,12-/m1/s1. The zero-order valence-electron chi connectivity index (χ0n) is 12.9. The van der Waals surface area contributed by atoms with Crippen molar-refractivity contribution in [3.05, 3.63) is 28.8 Å². The van der Waals surface area contributed by atoms with Crippen LogP contribution in [0.5, 0.6) is 0 Å². The van der Waals surface area contributed by atoms with Crippen LogP contribution in [0.2, 0.25) is 5.02 Å². The molecule has 0 heterocycles. The van der Waals surface area contributed by atoms with Crippen LogP contribution in [0.3, 0.4) is 0 Å². The minimum absolute atomic E-state index is 0.0179. The van der Waals surface area contributed by atoms with Gasteiger partial charge in [-0.05, 0) is 43.5 Å². The number of halogens is 1. The Balaban J connectivity index is 2.09. The maximum absolute atomic E-state index is 12.3. The first-order valence-corrected chi connectivity index (χ1v) is 7.84. The molecule has 1 aromatic rings. The van der Waals surface area contributed by atoms with Crippen LogP contribution in [-0.2, 0) is 4.79 Å². The van der Waals surface area contributed by atoms with E-state index in [0.29, 0.717) is 22.8 Å². The van der Waals surface area contributed by atoms with Gasteiger partial charge in [0.2, 0.25) is 5.91 Å². The molecule has 0 bridgehead atoms. The van der Waals surface area contributed by atoms with E-state index in [-0.39, 0.29) is 23.7 Å². The number of anilines is 1. The zero-order chi connectivity index (χ0) is 16.3. The first-order valence-electron chi connectivity index (χ1n) is 7.46. The normalized spacial score (nSPS) is 20.7. The van der Waals surface area contributed by atoms with Crippen LogP contribution in [-0.4, -0.2) is 37.4 Å². The molecule has 0 spiro atoms. The molecule has 2 amide bonds. The summed E-state index contributed by atoms with van der Waals surface area (Å²) in [6.45, 7) is 0.537. The van der Waals surface area contributed by atoms with Crippen molar-refractivity contribution in [2.75, 3.05) is 26.0 Å². The summed E-state index contributed by atoms with van der Waals surface area (Å²) in [6, 6.07) is 4.95. The molecule has 0 aliphatic heterocycles. The smallest absolute Gasteiger partial charge is 0.254 e. The minimum Gasteiger partial charge on any atom is -0.345 e. The number of carbonyl (C=O) groups excluding carboxylic acids is 2. The summed E-state index contributed by atoms with van der Waals surface area (Å²) in [4.78, 5) is 25.7. The van der Waals surface area contributed by atoms with Gasteiger partial charge in [-0.2, -0.15) is 0 Å². The molecule has 1 aliphatic rings. The van der Waals surface area contributed by atoms with Crippen LogP contribution in [0.15, 0.2) is 18.2 Å². The molecule has 0 aromatic heterocycles. The second-order valence-electron chi connectivity index (χ2n) is 5.92. The van der Waals surface area contributed by atoms with Crippen molar-refractivity contribution in [3.8, 4) is 0 Å². The van der Waals surface area contributed by atoms with Gasteiger partial charge in [0.1, 0.15) is 0 Å². The molecule has 0 radical (unpaired) electrons. The van der Waals surface area contributed by atoms with Crippen molar-refractivity contribution in [1.29, 1.82) is 0 Å². The first kappa shape index (κ1) is 16.8.